The molecule has 4 rings (SSSR count). The first-order chi connectivity index (χ1) is 12.3. The normalized spacial score (nSPS) is 15.7. The van der Waals surface area contributed by atoms with Gasteiger partial charge >= 0.3 is 5.97 Å². The lowest BCUT2D eigenvalue weighted by molar-refractivity contribution is 0.0517. The van der Waals surface area contributed by atoms with Gasteiger partial charge in [-0.05, 0) is 36.4 Å². The quantitative estimate of drug-likeness (QED) is 0.626. The Balaban J connectivity index is 1.68. The molecule has 0 radical (unpaired) electrons. The van der Waals surface area contributed by atoms with Gasteiger partial charge in [0.15, 0.2) is 0 Å². The SMILES string of the molecule is N#Cc1cccc(C(=O)ON=C2C=CC=C3N=c4ccccc4=C32)c1. The molecule has 0 amide bonds. The molecule has 0 saturated carbocycles. The van der Waals surface area contributed by atoms with Crippen molar-refractivity contribution in [3.05, 3.63) is 94.2 Å². The van der Waals surface area contributed by atoms with E-state index < -0.39 is 5.97 Å². The summed E-state index contributed by atoms with van der Waals surface area (Å²) in [7, 11) is 0. The number of para-hydroxylation sites is 1. The minimum Gasteiger partial charge on any atom is -0.312 e. The van der Waals surface area contributed by atoms with Crippen LogP contribution in [-0.4, -0.2) is 11.7 Å². The average Bonchev–Trinajstić information content (AvgIpc) is 3.05. The van der Waals surface area contributed by atoms with E-state index in [2.05, 4.69) is 10.1 Å². The number of benzene rings is 2. The first kappa shape index (κ1) is 14.8. The van der Waals surface area contributed by atoms with Crippen LogP contribution in [0.2, 0.25) is 0 Å². The smallest absolute Gasteiger partial charge is 0.312 e. The van der Waals surface area contributed by atoms with Crippen molar-refractivity contribution in [2.24, 2.45) is 10.1 Å². The fraction of sp³-hybridized carbons (Fsp3) is 0. The topological polar surface area (TPSA) is 74.8 Å². The molecule has 0 unspecified atom stereocenters. The zero-order valence-corrected chi connectivity index (χ0v) is 13.0. The third-order valence-electron chi connectivity index (χ3n) is 3.89. The predicted octanol–water partition coefficient (Wildman–Crippen LogP) is 2.01. The van der Waals surface area contributed by atoms with Crippen LogP contribution < -0.4 is 10.6 Å². The highest BCUT2D eigenvalue weighted by molar-refractivity contribution is 6.30. The van der Waals surface area contributed by atoms with Gasteiger partial charge in [-0.2, -0.15) is 5.26 Å². The highest BCUT2D eigenvalue weighted by atomic mass is 16.7. The molecule has 0 fully saturated rings. The standard InChI is InChI=1S/C20H11N3O2/c21-12-13-5-3-6-14(11-13)20(24)25-23-18-10-4-9-17-19(18)15-7-1-2-8-16(15)22-17/h1-11H. The maximum absolute atomic E-state index is 12.2. The first-order valence-electron chi connectivity index (χ1n) is 7.63. The average molecular weight is 325 g/mol. The molecule has 2 aromatic carbocycles. The third kappa shape index (κ3) is 2.66. The number of fused-ring (bicyclic) bond motifs is 2. The van der Waals surface area contributed by atoms with Crippen molar-refractivity contribution >= 4 is 17.3 Å². The highest BCUT2D eigenvalue weighted by Crippen LogP contribution is 2.21. The third-order valence-corrected chi connectivity index (χ3v) is 3.89. The minimum absolute atomic E-state index is 0.278. The van der Waals surface area contributed by atoms with E-state index in [1.807, 2.05) is 42.5 Å². The van der Waals surface area contributed by atoms with E-state index in [0.717, 1.165) is 21.8 Å². The number of allylic oxidation sites excluding steroid dienone is 4. The van der Waals surface area contributed by atoms with Crippen LogP contribution in [0.15, 0.2) is 82.6 Å². The molecule has 1 heterocycles. The number of nitriles is 1. The second kappa shape index (κ2) is 6.02. The van der Waals surface area contributed by atoms with E-state index in [0.29, 0.717) is 11.3 Å². The van der Waals surface area contributed by atoms with Crippen LogP contribution in [-0.2, 0) is 4.84 Å². The molecule has 0 bridgehead atoms. The maximum atomic E-state index is 12.2. The molecule has 1 aliphatic carbocycles. The molecule has 2 aromatic rings. The van der Waals surface area contributed by atoms with Gasteiger partial charge in [-0.3, -0.25) is 0 Å². The number of nitrogens with zero attached hydrogens (tertiary/aromatic N) is 3. The molecule has 118 valence electrons. The van der Waals surface area contributed by atoms with Crippen molar-refractivity contribution in [3.8, 4) is 6.07 Å². The van der Waals surface area contributed by atoms with Gasteiger partial charge in [0.05, 0.1) is 28.3 Å². The number of rotatable bonds is 2. The molecule has 1 aliphatic heterocycles. The van der Waals surface area contributed by atoms with Gasteiger partial charge in [-0.25, -0.2) is 9.79 Å². The summed E-state index contributed by atoms with van der Waals surface area (Å²) in [6, 6.07) is 16.0. The second-order valence-corrected chi connectivity index (χ2v) is 5.46. The van der Waals surface area contributed by atoms with E-state index in [1.54, 1.807) is 24.3 Å². The van der Waals surface area contributed by atoms with E-state index in [-0.39, 0.29) is 5.56 Å². The minimum atomic E-state index is -0.613. The predicted molar refractivity (Wildman–Crippen MR) is 91.9 cm³/mol. The van der Waals surface area contributed by atoms with Crippen LogP contribution in [0.25, 0.3) is 5.57 Å². The van der Waals surface area contributed by atoms with E-state index in [1.165, 1.54) is 6.07 Å². The number of carbonyl (C=O) groups excluding carboxylic acids is 1. The summed E-state index contributed by atoms with van der Waals surface area (Å²) in [5.41, 5.74) is 2.85. The molecular formula is C20H11N3O2. The molecule has 25 heavy (non-hydrogen) atoms. The Labute approximate surface area is 143 Å². The first-order valence-corrected chi connectivity index (χ1v) is 7.63. The van der Waals surface area contributed by atoms with Gasteiger partial charge in [0.2, 0.25) is 0 Å². The number of oxime groups is 1. The van der Waals surface area contributed by atoms with Crippen molar-refractivity contribution in [2.75, 3.05) is 0 Å². The Hall–Kier alpha value is -3.78. The van der Waals surface area contributed by atoms with E-state index >= 15 is 0 Å². The Morgan fingerprint density at radius 1 is 1.16 bits per heavy atom. The molecular weight excluding hydrogens is 314 g/mol. The molecule has 5 heteroatoms. The lowest BCUT2D eigenvalue weighted by Gasteiger charge is -2.08. The summed E-state index contributed by atoms with van der Waals surface area (Å²) in [6.07, 6.45) is 5.49. The fourth-order valence-electron chi connectivity index (χ4n) is 2.74. The molecule has 0 atom stereocenters. The number of hydrogen-bond acceptors (Lipinski definition) is 5. The lowest BCUT2D eigenvalue weighted by atomic mass is 10.0. The molecule has 2 aliphatic rings. The van der Waals surface area contributed by atoms with Crippen molar-refractivity contribution in [2.45, 2.75) is 0 Å². The van der Waals surface area contributed by atoms with Gasteiger partial charge < -0.3 is 4.84 Å². The summed E-state index contributed by atoms with van der Waals surface area (Å²) in [4.78, 5) is 21.8. The Bertz CT molecular complexity index is 1150. The van der Waals surface area contributed by atoms with E-state index in [4.69, 9.17) is 10.1 Å². The zero-order chi connectivity index (χ0) is 17.2. The van der Waals surface area contributed by atoms with Gasteiger partial charge in [0.25, 0.3) is 0 Å². The molecule has 0 N–H and O–H groups in total. The maximum Gasteiger partial charge on any atom is 0.365 e. The van der Waals surface area contributed by atoms with E-state index in [9.17, 15) is 4.79 Å². The number of carbonyl (C=O) groups is 1. The fourth-order valence-corrected chi connectivity index (χ4v) is 2.74. The monoisotopic (exact) mass is 325 g/mol. The van der Waals surface area contributed by atoms with Crippen LogP contribution in [0, 0.1) is 11.3 Å². The summed E-state index contributed by atoms with van der Waals surface area (Å²) >= 11 is 0. The number of hydrogen-bond donors (Lipinski definition) is 0. The zero-order valence-electron chi connectivity index (χ0n) is 13.0. The van der Waals surface area contributed by atoms with Crippen LogP contribution in [0.3, 0.4) is 0 Å². The van der Waals surface area contributed by atoms with Gasteiger partial charge in [0.1, 0.15) is 5.71 Å². The molecule has 0 saturated heterocycles. The summed E-state index contributed by atoms with van der Waals surface area (Å²) in [5, 5.41) is 14.8. The van der Waals surface area contributed by atoms with Crippen LogP contribution >= 0.6 is 0 Å². The Morgan fingerprint density at radius 2 is 2.04 bits per heavy atom. The molecule has 0 aromatic heterocycles. The van der Waals surface area contributed by atoms with Crippen molar-refractivity contribution < 1.29 is 9.63 Å². The van der Waals surface area contributed by atoms with Gasteiger partial charge in [-0.15, -0.1) is 0 Å². The Morgan fingerprint density at radius 3 is 2.92 bits per heavy atom. The van der Waals surface area contributed by atoms with Crippen molar-refractivity contribution in [3.63, 3.8) is 0 Å². The highest BCUT2D eigenvalue weighted by Gasteiger charge is 2.20. The Kier molecular flexibility index (Phi) is 3.56. The van der Waals surface area contributed by atoms with Crippen LogP contribution in [0.1, 0.15) is 15.9 Å². The van der Waals surface area contributed by atoms with Crippen molar-refractivity contribution in [1.82, 2.24) is 0 Å². The molecule has 0 spiro atoms. The van der Waals surface area contributed by atoms with Crippen LogP contribution in [0.5, 0.6) is 0 Å². The lowest BCUT2D eigenvalue weighted by Crippen LogP contribution is -2.24. The largest absolute Gasteiger partial charge is 0.365 e. The molecule has 5 nitrogen and oxygen atoms in total. The second-order valence-electron chi connectivity index (χ2n) is 5.46. The summed E-state index contributed by atoms with van der Waals surface area (Å²) in [5.74, 6) is -0.613. The van der Waals surface area contributed by atoms with Crippen LogP contribution in [0.4, 0.5) is 0 Å². The van der Waals surface area contributed by atoms with Gasteiger partial charge in [0, 0.05) is 10.8 Å². The summed E-state index contributed by atoms with van der Waals surface area (Å²) < 4.78 is 0. The summed E-state index contributed by atoms with van der Waals surface area (Å²) in [6.45, 7) is 0. The van der Waals surface area contributed by atoms with Gasteiger partial charge in [-0.1, -0.05) is 35.5 Å². The van der Waals surface area contributed by atoms with Crippen molar-refractivity contribution in [1.29, 1.82) is 5.26 Å².